The van der Waals surface area contributed by atoms with E-state index in [4.69, 9.17) is 4.74 Å². The molecule has 2 fully saturated rings. The molecule has 5 rings (SSSR count). The van der Waals surface area contributed by atoms with E-state index in [2.05, 4.69) is 26.8 Å². The molecule has 2 saturated heterocycles. The third-order valence-electron chi connectivity index (χ3n) is 7.21. The Balaban J connectivity index is 1.31. The third kappa shape index (κ3) is 5.44. The second-order valence-corrected chi connectivity index (χ2v) is 9.49. The summed E-state index contributed by atoms with van der Waals surface area (Å²) in [6, 6.07) is 9.25. The molecule has 2 aliphatic rings. The summed E-state index contributed by atoms with van der Waals surface area (Å²) >= 11 is 0. The molecule has 4 heterocycles. The van der Waals surface area contributed by atoms with Gasteiger partial charge in [-0.1, -0.05) is 18.7 Å². The van der Waals surface area contributed by atoms with E-state index in [1.165, 1.54) is 6.08 Å². The van der Waals surface area contributed by atoms with Crippen LogP contribution in [0.15, 0.2) is 55.3 Å². The maximum absolute atomic E-state index is 14.0. The van der Waals surface area contributed by atoms with Crippen LogP contribution in [0, 0.1) is 5.92 Å². The minimum Gasteiger partial charge on any atom is -0.378 e. The number of morpholine rings is 1. The smallest absolute Gasteiger partial charge is 0.378 e. The molecule has 1 atom stereocenters. The number of ether oxygens (including phenoxy) is 1. The number of nitrogens with zero attached hydrogens (tertiary/aromatic N) is 3. The first-order valence-electron chi connectivity index (χ1n) is 12.5. The van der Waals surface area contributed by atoms with Gasteiger partial charge in [0.1, 0.15) is 11.9 Å². The van der Waals surface area contributed by atoms with Crippen molar-refractivity contribution >= 4 is 28.3 Å². The molecule has 196 valence electrons. The Hall–Kier alpha value is -3.53. The summed E-state index contributed by atoms with van der Waals surface area (Å²) in [5.41, 5.74) is 3.10. The molecule has 2 N–H and O–H groups in total. The van der Waals surface area contributed by atoms with Crippen molar-refractivity contribution < 1.29 is 22.7 Å². The van der Waals surface area contributed by atoms with Crippen LogP contribution in [0.4, 0.5) is 24.7 Å². The quantitative estimate of drug-likeness (QED) is 0.462. The van der Waals surface area contributed by atoms with E-state index in [0.717, 1.165) is 41.1 Å². The molecule has 7 nitrogen and oxygen atoms in total. The van der Waals surface area contributed by atoms with E-state index in [9.17, 15) is 18.0 Å². The first kappa shape index (κ1) is 25.1. The highest BCUT2D eigenvalue weighted by Gasteiger charge is 2.45. The molecule has 37 heavy (non-hydrogen) atoms. The van der Waals surface area contributed by atoms with Crippen molar-refractivity contribution in [2.75, 3.05) is 49.6 Å². The Morgan fingerprint density at radius 1 is 1.14 bits per heavy atom. The summed E-state index contributed by atoms with van der Waals surface area (Å²) in [4.78, 5) is 23.5. The number of carbonyl (C=O) groups excluding carboxylic acids is 1. The third-order valence-corrected chi connectivity index (χ3v) is 7.21. The van der Waals surface area contributed by atoms with Crippen LogP contribution in [0.1, 0.15) is 12.8 Å². The van der Waals surface area contributed by atoms with Crippen LogP contribution >= 0.6 is 0 Å². The number of halogens is 3. The van der Waals surface area contributed by atoms with Crippen LogP contribution in [0.2, 0.25) is 0 Å². The number of rotatable bonds is 6. The maximum Gasteiger partial charge on any atom is 0.408 e. The van der Waals surface area contributed by atoms with Gasteiger partial charge in [-0.05, 0) is 54.7 Å². The van der Waals surface area contributed by atoms with Gasteiger partial charge in [0.15, 0.2) is 0 Å². The van der Waals surface area contributed by atoms with Crippen LogP contribution in [0.25, 0.3) is 22.2 Å². The van der Waals surface area contributed by atoms with Crippen molar-refractivity contribution in [2.24, 2.45) is 5.92 Å². The zero-order valence-electron chi connectivity index (χ0n) is 20.4. The molecule has 0 bridgehead atoms. The number of aromatic nitrogens is 2. The number of amides is 1. The maximum atomic E-state index is 14.0. The minimum absolute atomic E-state index is 0.240. The Labute approximate surface area is 213 Å². The van der Waals surface area contributed by atoms with Gasteiger partial charge in [-0.3, -0.25) is 4.79 Å². The van der Waals surface area contributed by atoms with Crippen LogP contribution in [0.5, 0.6) is 0 Å². The lowest BCUT2D eigenvalue weighted by molar-refractivity contribution is -0.157. The number of alkyl halides is 3. The molecule has 2 aliphatic heterocycles. The second kappa shape index (κ2) is 10.5. The number of benzene rings is 1. The fourth-order valence-electron chi connectivity index (χ4n) is 5.20. The van der Waals surface area contributed by atoms with Crippen molar-refractivity contribution in [2.45, 2.75) is 25.1 Å². The van der Waals surface area contributed by atoms with Gasteiger partial charge in [-0.15, -0.1) is 0 Å². The zero-order valence-corrected chi connectivity index (χ0v) is 20.4. The molecular weight excluding hydrogens is 483 g/mol. The Kier molecular flexibility index (Phi) is 7.10. The normalized spacial score (nSPS) is 18.1. The topological polar surface area (TPSA) is 73.5 Å². The average Bonchev–Trinajstić information content (AvgIpc) is 3.36. The van der Waals surface area contributed by atoms with Crippen molar-refractivity contribution in [3.8, 4) is 11.3 Å². The van der Waals surface area contributed by atoms with Gasteiger partial charge in [0, 0.05) is 49.1 Å². The van der Waals surface area contributed by atoms with Crippen LogP contribution in [-0.2, 0) is 9.53 Å². The summed E-state index contributed by atoms with van der Waals surface area (Å²) in [5, 5.41) is 3.72. The molecular formula is C27H30F3N5O2. The van der Waals surface area contributed by atoms with Crippen LogP contribution < -0.4 is 10.2 Å². The number of H-pyrrole nitrogens is 1. The Morgan fingerprint density at radius 2 is 1.84 bits per heavy atom. The van der Waals surface area contributed by atoms with Gasteiger partial charge < -0.3 is 24.8 Å². The molecule has 1 amide bonds. The molecule has 0 spiro atoms. The molecule has 2 aromatic heterocycles. The van der Waals surface area contributed by atoms with Crippen LogP contribution in [-0.4, -0.2) is 72.4 Å². The summed E-state index contributed by atoms with van der Waals surface area (Å²) in [5.74, 6) is 0.0409. The number of likely N-dealkylation sites (tertiary alicyclic amines) is 1. The number of carbonyl (C=O) groups is 1. The van der Waals surface area contributed by atoms with Gasteiger partial charge in [-0.2, -0.15) is 13.2 Å². The van der Waals surface area contributed by atoms with E-state index in [0.29, 0.717) is 32.0 Å². The van der Waals surface area contributed by atoms with Crippen molar-refractivity contribution in [3.63, 3.8) is 0 Å². The highest BCUT2D eigenvalue weighted by atomic mass is 19.4. The number of hydrogen-bond donors (Lipinski definition) is 2. The Morgan fingerprint density at radius 3 is 2.49 bits per heavy atom. The van der Waals surface area contributed by atoms with Gasteiger partial charge in [-0.25, -0.2) is 4.98 Å². The number of aromatic amines is 1. The fraction of sp³-hybridized carbons (Fsp3) is 0.407. The predicted octanol–water partition coefficient (Wildman–Crippen LogP) is 4.83. The summed E-state index contributed by atoms with van der Waals surface area (Å²) in [6.07, 6.45) is -0.870. The lowest BCUT2D eigenvalue weighted by Gasteiger charge is -2.37. The second-order valence-electron chi connectivity index (χ2n) is 9.49. The van der Waals surface area contributed by atoms with Crippen molar-refractivity contribution in [3.05, 3.63) is 55.3 Å². The number of hydrogen-bond acceptors (Lipinski definition) is 5. The van der Waals surface area contributed by atoms with E-state index < -0.39 is 18.1 Å². The lowest BCUT2D eigenvalue weighted by atomic mass is 9.88. The van der Waals surface area contributed by atoms with E-state index in [1.807, 2.05) is 24.3 Å². The highest BCUT2D eigenvalue weighted by Crippen LogP contribution is 2.35. The number of piperidine rings is 1. The predicted molar refractivity (Wildman–Crippen MR) is 138 cm³/mol. The molecule has 0 aliphatic carbocycles. The molecule has 10 heteroatoms. The minimum atomic E-state index is -4.41. The van der Waals surface area contributed by atoms with Crippen molar-refractivity contribution in [1.82, 2.24) is 14.9 Å². The van der Waals surface area contributed by atoms with Gasteiger partial charge >= 0.3 is 6.18 Å². The van der Waals surface area contributed by atoms with E-state index in [1.54, 1.807) is 23.2 Å². The molecule has 3 aromatic rings. The molecule has 1 aromatic carbocycles. The monoisotopic (exact) mass is 513 g/mol. The highest BCUT2D eigenvalue weighted by molar-refractivity contribution is 5.94. The first-order chi connectivity index (χ1) is 17.8. The molecule has 0 radical (unpaired) electrons. The van der Waals surface area contributed by atoms with E-state index >= 15 is 0 Å². The summed E-state index contributed by atoms with van der Waals surface area (Å²) in [6.45, 7) is 6.92. The van der Waals surface area contributed by atoms with E-state index in [-0.39, 0.29) is 18.7 Å². The number of nitrogens with one attached hydrogen (secondary N) is 2. The number of pyridine rings is 1. The Bertz CT molecular complexity index is 1240. The lowest BCUT2D eigenvalue weighted by Crippen LogP contribution is -2.48. The van der Waals surface area contributed by atoms with Gasteiger partial charge in [0.05, 0.1) is 18.7 Å². The first-order valence-corrected chi connectivity index (χ1v) is 12.5. The zero-order chi connectivity index (χ0) is 26.0. The SMILES string of the molecule is C=CC(=O)N1CCC([C@H](Nc2ccc(-c3cc4c(N5CCOCC5)nccc4[nH]3)cc2)C(F)(F)F)CC1. The van der Waals surface area contributed by atoms with Gasteiger partial charge in [0.25, 0.3) is 0 Å². The summed E-state index contributed by atoms with van der Waals surface area (Å²) < 4.78 is 47.4. The molecule has 0 saturated carbocycles. The fourth-order valence-corrected chi connectivity index (χ4v) is 5.20. The van der Waals surface area contributed by atoms with Crippen LogP contribution in [0.3, 0.4) is 0 Å². The van der Waals surface area contributed by atoms with Crippen molar-refractivity contribution in [1.29, 1.82) is 0 Å². The average molecular weight is 514 g/mol. The number of anilines is 2. The largest absolute Gasteiger partial charge is 0.408 e. The number of fused-ring (bicyclic) bond motifs is 1. The standard InChI is InChI=1S/C27H30F3N5O2/c1-2-24(36)34-11-8-19(9-12-34)25(27(28,29)30)32-20-5-3-18(4-6-20)23-17-21-22(33-23)7-10-31-26(21)35-13-15-37-16-14-35/h2-7,10,17,19,25,32-33H,1,8-9,11-16H2/t25-/m0/s1. The summed E-state index contributed by atoms with van der Waals surface area (Å²) in [7, 11) is 0. The molecule has 0 unspecified atom stereocenters. The van der Waals surface area contributed by atoms with Gasteiger partial charge in [0.2, 0.25) is 5.91 Å².